The van der Waals surface area contributed by atoms with Gasteiger partial charge >= 0.3 is 5.97 Å². The molecule has 3 rings (SSSR count). The summed E-state index contributed by atoms with van der Waals surface area (Å²) >= 11 is 0. The van der Waals surface area contributed by atoms with Crippen LogP contribution in [0, 0.1) is 0 Å². The number of benzene rings is 1. The SMILES string of the molecule is O=C(COC(=O)/C=C/c1ccc(S(=O)(=O)N2CCOCC2)cc1)NCc1ccco1. The van der Waals surface area contributed by atoms with E-state index in [1.807, 2.05) is 0 Å². The van der Waals surface area contributed by atoms with Crippen LogP contribution in [0.1, 0.15) is 11.3 Å². The van der Waals surface area contributed by atoms with Gasteiger partial charge in [0, 0.05) is 19.2 Å². The van der Waals surface area contributed by atoms with Crippen molar-refractivity contribution in [3.63, 3.8) is 0 Å². The van der Waals surface area contributed by atoms with Crippen LogP contribution >= 0.6 is 0 Å². The minimum atomic E-state index is -3.56. The highest BCUT2D eigenvalue weighted by molar-refractivity contribution is 7.89. The fraction of sp³-hybridized carbons (Fsp3) is 0.300. The van der Waals surface area contributed by atoms with Crippen molar-refractivity contribution >= 4 is 28.0 Å². The van der Waals surface area contributed by atoms with Crippen molar-refractivity contribution in [3.05, 3.63) is 60.1 Å². The van der Waals surface area contributed by atoms with Gasteiger partial charge in [0.15, 0.2) is 6.61 Å². The van der Waals surface area contributed by atoms with Gasteiger partial charge in [-0.05, 0) is 35.9 Å². The topological polar surface area (TPSA) is 115 Å². The molecule has 10 heteroatoms. The zero-order chi connectivity index (χ0) is 21.4. The number of morpholine rings is 1. The third-order valence-corrected chi connectivity index (χ3v) is 6.20. The number of esters is 1. The Kier molecular flexibility index (Phi) is 7.39. The summed E-state index contributed by atoms with van der Waals surface area (Å²) < 4.78 is 41.7. The Morgan fingerprint density at radius 1 is 1.13 bits per heavy atom. The molecule has 0 aliphatic carbocycles. The maximum atomic E-state index is 12.6. The van der Waals surface area contributed by atoms with Gasteiger partial charge in [0.25, 0.3) is 5.91 Å². The van der Waals surface area contributed by atoms with Crippen LogP contribution in [0.25, 0.3) is 6.08 Å². The molecule has 1 aromatic heterocycles. The van der Waals surface area contributed by atoms with Crippen molar-refractivity contribution in [3.8, 4) is 0 Å². The lowest BCUT2D eigenvalue weighted by Crippen LogP contribution is -2.40. The average Bonchev–Trinajstić information content (AvgIpc) is 3.29. The number of hydrogen-bond donors (Lipinski definition) is 1. The monoisotopic (exact) mass is 434 g/mol. The summed E-state index contributed by atoms with van der Waals surface area (Å²) in [5.41, 5.74) is 0.621. The number of carbonyl (C=O) groups is 2. The van der Waals surface area contributed by atoms with Gasteiger partial charge in [0.05, 0.1) is 30.9 Å². The summed E-state index contributed by atoms with van der Waals surface area (Å²) in [6.07, 6.45) is 4.15. The van der Waals surface area contributed by atoms with Crippen LogP contribution in [0.5, 0.6) is 0 Å². The lowest BCUT2D eigenvalue weighted by atomic mass is 10.2. The van der Waals surface area contributed by atoms with Gasteiger partial charge < -0.3 is 19.2 Å². The Morgan fingerprint density at radius 2 is 1.87 bits per heavy atom. The molecule has 2 aromatic rings. The molecule has 9 nitrogen and oxygen atoms in total. The minimum Gasteiger partial charge on any atom is -0.467 e. The number of amides is 1. The van der Waals surface area contributed by atoms with Crippen molar-refractivity contribution in [2.24, 2.45) is 0 Å². The smallest absolute Gasteiger partial charge is 0.331 e. The summed E-state index contributed by atoms with van der Waals surface area (Å²) in [5, 5.41) is 2.56. The lowest BCUT2D eigenvalue weighted by molar-refractivity contribution is -0.143. The molecule has 0 saturated carbocycles. The molecule has 1 amide bonds. The van der Waals surface area contributed by atoms with E-state index < -0.39 is 28.5 Å². The van der Waals surface area contributed by atoms with E-state index in [1.54, 1.807) is 24.3 Å². The van der Waals surface area contributed by atoms with Crippen LogP contribution in [0.3, 0.4) is 0 Å². The van der Waals surface area contributed by atoms with Crippen molar-refractivity contribution in [1.82, 2.24) is 9.62 Å². The highest BCUT2D eigenvalue weighted by atomic mass is 32.2. The zero-order valence-electron chi connectivity index (χ0n) is 16.2. The summed E-state index contributed by atoms with van der Waals surface area (Å²) in [6, 6.07) is 9.57. The second-order valence-electron chi connectivity index (χ2n) is 6.38. The number of hydrogen-bond acceptors (Lipinski definition) is 7. The Bertz CT molecular complexity index is 977. The molecule has 0 unspecified atom stereocenters. The maximum Gasteiger partial charge on any atom is 0.331 e. The number of furan rings is 1. The molecule has 2 heterocycles. The maximum absolute atomic E-state index is 12.6. The molecule has 1 aromatic carbocycles. The van der Waals surface area contributed by atoms with Gasteiger partial charge in [-0.25, -0.2) is 13.2 Å². The van der Waals surface area contributed by atoms with E-state index in [9.17, 15) is 18.0 Å². The standard InChI is InChI=1S/C20H22N2O7S/c23-19(21-14-17-2-1-11-28-17)15-29-20(24)8-5-16-3-6-18(7-4-16)30(25,26)22-9-12-27-13-10-22/h1-8,11H,9-10,12-15H2,(H,21,23)/b8-5+. The molecule has 1 saturated heterocycles. The molecule has 0 atom stereocenters. The normalized spacial score (nSPS) is 15.2. The van der Waals surface area contributed by atoms with Crippen molar-refractivity contribution in [2.75, 3.05) is 32.9 Å². The number of nitrogens with zero attached hydrogens (tertiary/aromatic N) is 1. The quantitative estimate of drug-likeness (QED) is 0.490. The molecule has 160 valence electrons. The number of carbonyl (C=O) groups excluding carboxylic acids is 2. The Morgan fingerprint density at radius 3 is 2.53 bits per heavy atom. The summed E-state index contributed by atoms with van der Waals surface area (Å²) in [7, 11) is -3.56. The van der Waals surface area contributed by atoms with Crippen LogP contribution < -0.4 is 5.32 Å². The first-order valence-electron chi connectivity index (χ1n) is 9.27. The van der Waals surface area contributed by atoms with E-state index in [2.05, 4.69) is 5.32 Å². The van der Waals surface area contributed by atoms with Gasteiger partial charge in [-0.3, -0.25) is 4.79 Å². The van der Waals surface area contributed by atoms with Gasteiger partial charge in [-0.15, -0.1) is 0 Å². The molecule has 1 N–H and O–H groups in total. The summed E-state index contributed by atoms with van der Waals surface area (Å²) in [5.74, 6) is -0.548. The fourth-order valence-corrected chi connectivity index (χ4v) is 4.09. The zero-order valence-corrected chi connectivity index (χ0v) is 17.0. The van der Waals surface area contributed by atoms with E-state index in [0.717, 1.165) is 0 Å². The van der Waals surface area contributed by atoms with Crippen molar-refractivity contribution < 1.29 is 31.9 Å². The highest BCUT2D eigenvalue weighted by Gasteiger charge is 2.25. The number of nitrogens with one attached hydrogen (secondary N) is 1. The van der Waals surface area contributed by atoms with E-state index in [0.29, 0.717) is 37.6 Å². The first-order chi connectivity index (χ1) is 14.4. The van der Waals surface area contributed by atoms with Crippen LogP contribution in [0.15, 0.2) is 58.1 Å². The van der Waals surface area contributed by atoms with Gasteiger partial charge in [-0.2, -0.15) is 4.31 Å². The minimum absolute atomic E-state index is 0.178. The van der Waals surface area contributed by atoms with Crippen LogP contribution in [-0.4, -0.2) is 57.5 Å². The highest BCUT2D eigenvalue weighted by Crippen LogP contribution is 2.18. The van der Waals surface area contributed by atoms with E-state index in [1.165, 1.54) is 34.9 Å². The number of ether oxygens (including phenoxy) is 2. The van der Waals surface area contributed by atoms with E-state index >= 15 is 0 Å². The number of rotatable bonds is 8. The van der Waals surface area contributed by atoms with Crippen molar-refractivity contribution in [1.29, 1.82) is 0 Å². The third kappa shape index (κ3) is 6.02. The second-order valence-corrected chi connectivity index (χ2v) is 8.32. The molecule has 1 fully saturated rings. The summed E-state index contributed by atoms with van der Waals surface area (Å²) in [4.78, 5) is 23.6. The predicted molar refractivity (Wildman–Crippen MR) is 107 cm³/mol. The Hall–Kier alpha value is -2.95. The number of sulfonamides is 1. The lowest BCUT2D eigenvalue weighted by Gasteiger charge is -2.26. The third-order valence-electron chi connectivity index (χ3n) is 4.29. The van der Waals surface area contributed by atoms with Gasteiger partial charge in [0.2, 0.25) is 10.0 Å². The molecule has 0 bridgehead atoms. The first kappa shape index (κ1) is 21.8. The molecular weight excluding hydrogens is 412 g/mol. The molecule has 0 spiro atoms. The first-order valence-corrected chi connectivity index (χ1v) is 10.7. The predicted octanol–water partition coefficient (Wildman–Crippen LogP) is 1.17. The van der Waals surface area contributed by atoms with E-state index in [-0.39, 0.29) is 11.4 Å². The van der Waals surface area contributed by atoms with Gasteiger partial charge in [-0.1, -0.05) is 12.1 Å². The largest absolute Gasteiger partial charge is 0.467 e. The molecule has 30 heavy (non-hydrogen) atoms. The van der Waals surface area contributed by atoms with Gasteiger partial charge in [0.1, 0.15) is 5.76 Å². The van der Waals surface area contributed by atoms with Crippen LogP contribution in [0.2, 0.25) is 0 Å². The van der Waals surface area contributed by atoms with E-state index in [4.69, 9.17) is 13.9 Å². The molecule has 0 radical (unpaired) electrons. The average molecular weight is 434 g/mol. The van der Waals surface area contributed by atoms with Crippen molar-refractivity contribution in [2.45, 2.75) is 11.4 Å². The fourth-order valence-electron chi connectivity index (χ4n) is 2.69. The summed E-state index contributed by atoms with van der Waals surface area (Å²) in [6.45, 7) is 1.20. The Balaban J connectivity index is 1.47. The Labute approximate surface area is 174 Å². The molecular formula is C20H22N2O7S. The van der Waals surface area contributed by atoms with Crippen LogP contribution in [0.4, 0.5) is 0 Å². The molecule has 1 aliphatic rings. The molecule has 1 aliphatic heterocycles. The second kappa shape index (κ2) is 10.2. The van der Waals surface area contributed by atoms with Crippen LogP contribution in [-0.2, 0) is 35.6 Å².